The van der Waals surface area contributed by atoms with Crippen LogP contribution in [-0.4, -0.2) is 29.3 Å². The monoisotopic (exact) mass is 193 g/mol. The van der Waals surface area contributed by atoms with E-state index in [9.17, 15) is 5.11 Å². The normalized spacial score (nSPS) is 21.6. The lowest BCUT2D eigenvalue weighted by molar-refractivity contribution is 0.198. The number of aromatic nitrogens is 1. The Bertz CT molecular complexity index is 316. The molecule has 1 saturated heterocycles. The number of β-amino-alcohol motifs (C(OH)–C–C–N with tert-alkyl or cyclic N) is 1. The predicted octanol–water partition coefficient (Wildman–Crippen LogP) is 0.111. The van der Waals surface area contributed by atoms with Crippen molar-refractivity contribution in [3.63, 3.8) is 0 Å². The van der Waals surface area contributed by atoms with Crippen molar-refractivity contribution >= 4 is 5.69 Å². The molecule has 1 aromatic rings. The largest absolute Gasteiger partial charge is 0.391 e. The highest BCUT2D eigenvalue weighted by molar-refractivity contribution is 5.52. The summed E-state index contributed by atoms with van der Waals surface area (Å²) in [4.78, 5) is 6.22. The predicted molar refractivity (Wildman–Crippen MR) is 55.0 cm³/mol. The number of rotatable bonds is 2. The Morgan fingerprint density at radius 1 is 1.64 bits per heavy atom. The minimum atomic E-state index is -0.208. The van der Waals surface area contributed by atoms with E-state index in [0.717, 1.165) is 24.2 Å². The second kappa shape index (κ2) is 3.94. The summed E-state index contributed by atoms with van der Waals surface area (Å²) in [6, 6.07) is 1.93. The van der Waals surface area contributed by atoms with E-state index in [4.69, 9.17) is 5.73 Å². The van der Waals surface area contributed by atoms with Gasteiger partial charge in [0.2, 0.25) is 0 Å². The summed E-state index contributed by atoms with van der Waals surface area (Å²) < 4.78 is 0. The van der Waals surface area contributed by atoms with Gasteiger partial charge in [0.1, 0.15) is 0 Å². The van der Waals surface area contributed by atoms with Crippen LogP contribution >= 0.6 is 0 Å². The van der Waals surface area contributed by atoms with Gasteiger partial charge >= 0.3 is 0 Å². The minimum Gasteiger partial charge on any atom is -0.391 e. The first-order chi connectivity index (χ1) is 6.81. The van der Waals surface area contributed by atoms with Crippen LogP contribution in [0.25, 0.3) is 0 Å². The first-order valence-corrected chi connectivity index (χ1v) is 4.87. The minimum absolute atomic E-state index is 0.208. The van der Waals surface area contributed by atoms with Crippen LogP contribution in [0.15, 0.2) is 18.5 Å². The Morgan fingerprint density at radius 3 is 3.14 bits per heavy atom. The van der Waals surface area contributed by atoms with E-state index in [1.165, 1.54) is 0 Å². The molecule has 0 bridgehead atoms. The van der Waals surface area contributed by atoms with E-state index in [1.807, 2.05) is 12.3 Å². The third kappa shape index (κ3) is 1.71. The molecule has 0 saturated carbocycles. The van der Waals surface area contributed by atoms with Crippen molar-refractivity contribution in [3.8, 4) is 0 Å². The quantitative estimate of drug-likeness (QED) is 0.700. The van der Waals surface area contributed by atoms with Crippen LogP contribution in [0.4, 0.5) is 5.69 Å². The molecule has 4 nitrogen and oxygen atoms in total. The highest BCUT2D eigenvalue weighted by Gasteiger charge is 2.21. The second-order valence-corrected chi connectivity index (χ2v) is 3.60. The number of nitrogens with two attached hydrogens (primary N) is 1. The van der Waals surface area contributed by atoms with Gasteiger partial charge in [-0.05, 0) is 18.1 Å². The van der Waals surface area contributed by atoms with Crippen LogP contribution in [0.3, 0.4) is 0 Å². The molecule has 76 valence electrons. The van der Waals surface area contributed by atoms with Gasteiger partial charge in [-0.3, -0.25) is 4.98 Å². The summed E-state index contributed by atoms with van der Waals surface area (Å²) in [5.74, 6) is 0. The number of pyridine rings is 1. The van der Waals surface area contributed by atoms with Crippen LogP contribution in [0.2, 0.25) is 0 Å². The van der Waals surface area contributed by atoms with Crippen molar-refractivity contribution < 1.29 is 5.11 Å². The Hall–Kier alpha value is -1.13. The van der Waals surface area contributed by atoms with E-state index >= 15 is 0 Å². The van der Waals surface area contributed by atoms with Crippen molar-refractivity contribution in [2.24, 2.45) is 5.73 Å². The fourth-order valence-corrected chi connectivity index (χ4v) is 1.83. The zero-order valence-corrected chi connectivity index (χ0v) is 8.06. The Kier molecular flexibility index (Phi) is 2.65. The zero-order valence-electron chi connectivity index (χ0n) is 8.06. The van der Waals surface area contributed by atoms with E-state index < -0.39 is 0 Å². The maximum absolute atomic E-state index is 9.43. The third-order valence-electron chi connectivity index (χ3n) is 2.61. The molecule has 1 unspecified atom stereocenters. The van der Waals surface area contributed by atoms with Gasteiger partial charge in [-0.1, -0.05) is 0 Å². The maximum atomic E-state index is 9.43. The van der Waals surface area contributed by atoms with Crippen molar-refractivity contribution in [2.75, 3.05) is 18.0 Å². The lowest BCUT2D eigenvalue weighted by Gasteiger charge is -2.20. The topological polar surface area (TPSA) is 62.4 Å². The first-order valence-electron chi connectivity index (χ1n) is 4.87. The fraction of sp³-hybridized carbons (Fsp3) is 0.500. The molecule has 2 rings (SSSR count). The number of nitrogens with zero attached hydrogens (tertiary/aromatic N) is 2. The highest BCUT2D eigenvalue weighted by Crippen LogP contribution is 2.23. The van der Waals surface area contributed by atoms with Crippen LogP contribution in [0.5, 0.6) is 0 Å². The summed E-state index contributed by atoms with van der Waals surface area (Å²) in [6.45, 7) is 2.10. The summed E-state index contributed by atoms with van der Waals surface area (Å²) >= 11 is 0. The Balaban J connectivity index is 2.22. The molecule has 0 aliphatic carbocycles. The highest BCUT2D eigenvalue weighted by atomic mass is 16.3. The number of hydrogen-bond acceptors (Lipinski definition) is 4. The molecule has 0 aromatic carbocycles. The average molecular weight is 193 g/mol. The van der Waals surface area contributed by atoms with Crippen molar-refractivity contribution in [3.05, 3.63) is 24.0 Å². The average Bonchev–Trinajstić information content (AvgIpc) is 2.65. The van der Waals surface area contributed by atoms with E-state index in [0.29, 0.717) is 13.1 Å². The first kappa shape index (κ1) is 9.43. The van der Waals surface area contributed by atoms with Crippen LogP contribution in [-0.2, 0) is 6.54 Å². The molecule has 1 aliphatic rings. The molecule has 0 amide bonds. The van der Waals surface area contributed by atoms with Gasteiger partial charge in [0.25, 0.3) is 0 Å². The molecule has 0 spiro atoms. The molecule has 1 aromatic heterocycles. The van der Waals surface area contributed by atoms with E-state index in [-0.39, 0.29) is 6.10 Å². The molecular weight excluding hydrogens is 178 g/mol. The summed E-state index contributed by atoms with van der Waals surface area (Å²) in [5, 5.41) is 9.43. The molecule has 1 aliphatic heterocycles. The molecule has 1 atom stereocenters. The molecule has 3 N–H and O–H groups in total. The Labute approximate surface area is 83.4 Å². The van der Waals surface area contributed by atoms with Crippen molar-refractivity contribution in [1.29, 1.82) is 0 Å². The van der Waals surface area contributed by atoms with Crippen LogP contribution in [0.1, 0.15) is 12.0 Å². The molecular formula is C10H15N3O. The summed E-state index contributed by atoms with van der Waals surface area (Å²) in [7, 11) is 0. The summed E-state index contributed by atoms with van der Waals surface area (Å²) in [5.41, 5.74) is 7.79. The molecule has 4 heteroatoms. The smallest absolute Gasteiger partial charge is 0.0731 e. The Morgan fingerprint density at radius 2 is 2.50 bits per heavy atom. The van der Waals surface area contributed by atoms with E-state index in [1.54, 1.807) is 6.20 Å². The molecule has 0 radical (unpaired) electrons. The molecule has 2 heterocycles. The lowest BCUT2D eigenvalue weighted by Crippen LogP contribution is -2.23. The number of aliphatic hydroxyl groups is 1. The molecule has 14 heavy (non-hydrogen) atoms. The van der Waals surface area contributed by atoms with Crippen LogP contribution in [0, 0.1) is 0 Å². The second-order valence-electron chi connectivity index (χ2n) is 3.60. The SMILES string of the molecule is NCc1ccncc1N1CCC(O)C1. The van der Waals surface area contributed by atoms with Gasteiger partial charge in [-0.25, -0.2) is 0 Å². The standard InChI is InChI=1S/C10H15N3O/c11-5-8-1-3-12-6-10(8)13-4-2-9(14)7-13/h1,3,6,9,14H,2,4-5,7,11H2. The summed E-state index contributed by atoms with van der Waals surface area (Å²) in [6.07, 6.45) is 4.19. The third-order valence-corrected chi connectivity index (χ3v) is 2.61. The van der Waals surface area contributed by atoms with Gasteiger partial charge in [0.15, 0.2) is 0 Å². The van der Waals surface area contributed by atoms with Crippen molar-refractivity contribution in [1.82, 2.24) is 4.98 Å². The zero-order chi connectivity index (χ0) is 9.97. The lowest BCUT2D eigenvalue weighted by atomic mass is 10.2. The maximum Gasteiger partial charge on any atom is 0.0731 e. The van der Waals surface area contributed by atoms with Gasteiger partial charge in [0, 0.05) is 25.8 Å². The number of anilines is 1. The number of aliphatic hydroxyl groups excluding tert-OH is 1. The fourth-order valence-electron chi connectivity index (χ4n) is 1.83. The van der Waals surface area contributed by atoms with Gasteiger partial charge in [-0.2, -0.15) is 0 Å². The van der Waals surface area contributed by atoms with Gasteiger partial charge in [0.05, 0.1) is 18.0 Å². The molecule has 1 fully saturated rings. The van der Waals surface area contributed by atoms with Gasteiger partial charge < -0.3 is 15.7 Å². The number of hydrogen-bond donors (Lipinski definition) is 2. The van der Waals surface area contributed by atoms with Crippen molar-refractivity contribution in [2.45, 2.75) is 19.1 Å². The van der Waals surface area contributed by atoms with Crippen LogP contribution < -0.4 is 10.6 Å². The van der Waals surface area contributed by atoms with Gasteiger partial charge in [-0.15, -0.1) is 0 Å². The van der Waals surface area contributed by atoms with E-state index in [2.05, 4.69) is 9.88 Å².